The van der Waals surface area contributed by atoms with Crippen LogP contribution >= 0.6 is 15.8 Å². The molecule has 8 rings (SSSR count). The standard InChI is InChI=1S/C39H32N3P2.C5H5.Fe/c1-30(36-28-17-29-37(36)43(32-20-9-3-10-21-32)33-22-11-4-12-23-33)42-39(38(40-41-42)31-18-7-2-8-19-31)44(34-24-13-5-14-25-34)35-26-15-6-16-27-35;1-2-4-5-3-1;/h2-30H,1H3;1-5H;/q2*-1;+2/t30-;;/m0../s1. The van der Waals surface area contributed by atoms with Gasteiger partial charge in [-0.2, -0.15) is 35.9 Å². The molecule has 0 bridgehead atoms. The normalized spacial score (nSPS) is 11.4. The van der Waals surface area contributed by atoms with E-state index in [0.29, 0.717) is 0 Å². The number of aromatic nitrogens is 3. The predicted molar refractivity (Wildman–Crippen MR) is 211 cm³/mol. The summed E-state index contributed by atoms with van der Waals surface area (Å²) in [6, 6.07) is 70.8. The second kappa shape index (κ2) is 17.3. The van der Waals surface area contributed by atoms with E-state index >= 15 is 0 Å². The Morgan fingerprint density at radius 3 is 1.40 bits per heavy atom. The summed E-state index contributed by atoms with van der Waals surface area (Å²) in [5.41, 5.74) is 4.47. The Labute approximate surface area is 308 Å². The fraction of sp³-hybridized carbons (Fsp3) is 0.0455. The van der Waals surface area contributed by atoms with Crippen LogP contribution in [-0.2, 0) is 17.1 Å². The second-order valence-corrected chi connectivity index (χ2v) is 15.9. The zero-order chi connectivity index (χ0) is 33.3. The van der Waals surface area contributed by atoms with E-state index < -0.39 is 15.8 Å². The summed E-state index contributed by atoms with van der Waals surface area (Å²) in [5, 5.41) is 16.5. The molecule has 1 aromatic heterocycles. The summed E-state index contributed by atoms with van der Waals surface area (Å²) in [4.78, 5) is 0. The summed E-state index contributed by atoms with van der Waals surface area (Å²) >= 11 is 0. The van der Waals surface area contributed by atoms with Gasteiger partial charge in [0.1, 0.15) is 5.69 Å². The van der Waals surface area contributed by atoms with Crippen molar-refractivity contribution >= 4 is 47.8 Å². The molecule has 0 aliphatic rings. The third-order valence-corrected chi connectivity index (χ3v) is 13.4. The summed E-state index contributed by atoms with van der Waals surface area (Å²) < 4.78 is 2.20. The fourth-order valence-corrected chi connectivity index (χ4v) is 11.2. The maximum absolute atomic E-state index is 4.96. The molecular formula is C44H37FeN3P2. The molecule has 50 heavy (non-hydrogen) atoms. The van der Waals surface area contributed by atoms with Crippen LogP contribution in [-0.4, -0.2) is 15.0 Å². The topological polar surface area (TPSA) is 30.7 Å². The van der Waals surface area contributed by atoms with Crippen LogP contribution in [0.15, 0.2) is 200 Å². The molecule has 1 atom stereocenters. The summed E-state index contributed by atoms with van der Waals surface area (Å²) in [6.07, 6.45) is 0. The Morgan fingerprint density at radius 1 is 0.520 bits per heavy atom. The molecule has 0 saturated carbocycles. The number of rotatable bonds is 9. The minimum atomic E-state index is -0.952. The zero-order valence-electron chi connectivity index (χ0n) is 27.7. The molecule has 0 spiro atoms. The van der Waals surface area contributed by atoms with Crippen LogP contribution < -0.4 is 32.0 Å². The largest absolute Gasteiger partial charge is 2.00 e. The Bertz CT molecular complexity index is 2040. The Balaban J connectivity index is 0.000000663. The maximum Gasteiger partial charge on any atom is 2.00 e. The molecule has 3 nitrogen and oxygen atoms in total. The molecule has 0 aliphatic heterocycles. The molecule has 0 aliphatic carbocycles. The van der Waals surface area contributed by atoms with Gasteiger partial charge in [-0.3, -0.25) is 0 Å². The van der Waals surface area contributed by atoms with Crippen molar-refractivity contribution in [2.75, 3.05) is 0 Å². The van der Waals surface area contributed by atoms with Gasteiger partial charge in [0.2, 0.25) is 0 Å². The van der Waals surface area contributed by atoms with E-state index in [9.17, 15) is 0 Å². The molecule has 1 heterocycles. The van der Waals surface area contributed by atoms with Crippen LogP contribution in [0.3, 0.4) is 0 Å². The van der Waals surface area contributed by atoms with E-state index in [1.807, 2.05) is 30.3 Å². The van der Waals surface area contributed by atoms with Gasteiger partial charge < -0.3 is 0 Å². The third-order valence-electron chi connectivity index (χ3n) is 8.43. The minimum absolute atomic E-state index is 0. The molecular weight excluding hydrogens is 688 g/mol. The van der Waals surface area contributed by atoms with E-state index in [1.54, 1.807) is 0 Å². The smallest absolute Gasteiger partial charge is 0.249 e. The predicted octanol–water partition coefficient (Wildman–Crippen LogP) is 8.19. The summed E-state index contributed by atoms with van der Waals surface area (Å²) in [5.74, 6) is 0. The van der Waals surface area contributed by atoms with Gasteiger partial charge in [-0.05, 0) is 29.1 Å². The van der Waals surface area contributed by atoms with Gasteiger partial charge in [0.15, 0.2) is 0 Å². The quantitative estimate of drug-likeness (QED) is 0.0854. The van der Waals surface area contributed by atoms with Gasteiger partial charge in [0.25, 0.3) is 0 Å². The number of hydrogen-bond donors (Lipinski definition) is 0. The van der Waals surface area contributed by atoms with Crippen LogP contribution in [0.25, 0.3) is 11.3 Å². The molecule has 0 fully saturated rings. The molecule has 0 unspecified atom stereocenters. The zero-order valence-corrected chi connectivity index (χ0v) is 30.6. The van der Waals surface area contributed by atoms with Crippen LogP contribution in [0.2, 0.25) is 0 Å². The van der Waals surface area contributed by atoms with Crippen molar-refractivity contribution in [2.24, 2.45) is 0 Å². The van der Waals surface area contributed by atoms with Crippen molar-refractivity contribution in [3.8, 4) is 11.3 Å². The molecule has 0 saturated heterocycles. The molecule has 0 radical (unpaired) electrons. The van der Waals surface area contributed by atoms with Gasteiger partial charge in [0, 0.05) is 19.5 Å². The molecule has 8 aromatic rings. The molecule has 7 aromatic carbocycles. The molecule has 0 amide bonds. The SMILES string of the molecule is C[C@@H](c1cc[cH-]c1P(c1ccccc1)c1ccccc1)n1nnc(-c2ccccc2)c1P(c1ccccc1)c1ccccc1.[Fe+2].c1cc[cH-]c1. The van der Waals surface area contributed by atoms with Gasteiger partial charge in [0.05, 0.1) is 5.44 Å². The Hall–Kier alpha value is -4.68. The first-order valence-corrected chi connectivity index (χ1v) is 19.2. The number of hydrogen-bond acceptors (Lipinski definition) is 2. The monoisotopic (exact) mass is 725 g/mol. The van der Waals surface area contributed by atoms with Gasteiger partial charge in [-0.1, -0.05) is 164 Å². The van der Waals surface area contributed by atoms with Crippen molar-refractivity contribution in [1.82, 2.24) is 15.0 Å². The van der Waals surface area contributed by atoms with E-state index in [0.717, 1.165) is 16.7 Å². The van der Waals surface area contributed by atoms with Crippen LogP contribution in [0, 0.1) is 0 Å². The second-order valence-electron chi connectivity index (χ2n) is 11.6. The average molecular weight is 726 g/mol. The van der Waals surface area contributed by atoms with Crippen molar-refractivity contribution in [3.63, 3.8) is 0 Å². The van der Waals surface area contributed by atoms with Crippen molar-refractivity contribution in [1.29, 1.82) is 0 Å². The first kappa shape index (κ1) is 35.2. The average Bonchev–Trinajstić information content (AvgIpc) is 3.99. The van der Waals surface area contributed by atoms with Crippen molar-refractivity contribution in [3.05, 3.63) is 206 Å². The van der Waals surface area contributed by atoms with Gasteiger partial charge in [-0.25, -0.2) is 22.9 Å². The van der Waals surface area contributed by atoms with Crippen LogP contribution in [0.5, 0.6) is 0 Å². The number of benzene rings is 5. The van der Waals surface area contributed by atoms with Gasteiger partial charge >= 0.3 is 17.1 Å². The Kier molecular flexibility index (Phi) is 12.2. The summed E-state index contributed by atoms with van der Waals surface area (Å²) in [6.45, 7) is 2.28. The van der Waals surface area contributed by atoms with E-state index in [-0.39, 0.29) is 23.1 Å². The van der Waals surface area contributed by atoms with Crippen molar-refractivity contribution < 1.29 is 17.1 Å². The first-order chi connectivity index (χ1) is 24.3. The Morgan fingerprint density at radius 2 is 0.960 bits per heavy atom. The van der Waals surface area contributed by atoms with E-state index in [1.165, 1.54) is 32.1 Å². The summed E-state index contributed by atoms with van der Waals surface area (Å²) in [7, 11) is -1.71. The van der Waals surface area contributed by atoms with E-state index in [2.05, 4.69) is 181 Å². The molecule has 246 valence electrons. The fourth-order valence-electron chi connectivity index (χ4n) is 6.10. The first-order valence-electron chi connectivity index (χ1n) is 16.5. The minimum Gasteiger partial charge on any atom is -0.249 e. The molecule has 6 heteroatoms. The number of nitrogens with zero attached hydrogens (tertiary/aromatic N) is 3. The third kappa shape index (κ3) is 7.86. The molecule has 0 N–H and O–H groups in total. The maximum atomic E-state index is 4.96. The van der Waals surface area contributed by atoms with Crippen LogP contribution in [0.4, 0.5) is 0 Å². The van der Waals surface area contributed by atoms with Crippen LogP contribution in [0.1, 0.15) is 18.5 Å². The van der Waals surface area contributed by atoms with Gasteiger partial charge in [-0.15, -0.1) is 10.4 Å². The van der Waals surface area contributed by atoms with Crippen molar-refractivity contribution in [2.45, 2.75) is 13.0 Å². The van der Waals surface area contributed by atoms with E-state index in [4.69, 9.17) is 10.3 Å².